The van der Waals surface area contributed by atoms with Crippen molar-refractivity contribution in [3.8, 4) is 11.5 Å². The predicted molar refractivity (Wildman–Crippen MR) is 75.3 cm³/mol. The summed E-state index contributed by atoms with van der Waals surface area (Å²) in [4.78, 5) is 4.09. The minimum absolute atomic E-state index is 0.299. The van der Waals surface area contributed by atoms with E-state index in [-0.39, 0.29) is 5.82 Å². The van der Waals surface area contributed by atoms with E-state index in [9.17, 15) is 4.39 Å². The van der Waals surface area contributed by atoms with Gasteiger partial charge in [0, 0.05) is 30.4 Å². The van der Waals surface area contributed by atoms with Crippen LogP contribution in [0.25, 0.3) is 0 Å². The average Bonchev–Trinajstić information content (AvgIpc) is 3.26. The number of rotatable bonds is 5. The standard InChI is InChI=1S/C16H17FN2O/c1-11-2-3-13(17)8-15(11)20-16-10-18-7-6-12(16)9-19-14-4-5-14/h2-3,6-8,10,14,19H,4-5,9H2,1H3. The van der Waals surface area contributed by atoms with Gasteiger partial charge in [0.05, 0.1) is 6.20 Å². The average molecular weight is 272 g/mol. The maximum atomic E-state index is 13.3. The van der Waals surface area contributed by atoms with Crippen LogP contribution >= 0.6 is 0 Å². The third-order valence-electron chi connectivity index (χ3n) is 3.40. The van der Waals surface area contributed by atoms with Gasteiger partial charge in [-0.3, -0.25) is 4.98 Å². The molecule has 1 aromatic heterocycles. The van der Waals surface area contributed by atoms with Crippen molar-refractivity contribution in [1.82, 2.24) is 10.3 Å². The number of ether oxygens (including phenoxy) is 1. The minimum Gasteiger partial charge on any atom is -0.455 e. The number of nitrogens with one attached hydrogen (secondary N) is 1. The van der Waals surface area contributed by atoms with E-state index in [1.165, 1.54) is 25.0 Å². The van der Waals surface area contributed by atoms with Crippen molar-refractivity contribution < 1.29 is 9.13 Å². The van der Waals surface area contributed by atoms with Gasteiger partial charge in [-0.1, -0.05) is 6.07 Å². The summed E-state index contributed by atoms with van der Waals surface area (Å²) >= 11 is 0. The summed E-state index contributed by atoms with van der Waals surface area (Å²) in [6.45, 7) is 2.64. The number of hydrogen-bond donors (Lipinski definition) is 1. The molecule has 1 heterocycles. The first-order chi connectivity index (χ1) is 9.72. The summed E-state index contributed by atoms with van der Waals surface area (Å²) in [5, 5.41) is 3.44. The molecule has 0 spiro atoms. The van der Waals surface area contributed by atoms with Crippen LogP contribution in [-0.2, 0) is 6.54 Å². The molecular formula is C16H17FN2O. The number of hydrogen-bond acceptors (Lipinski definition) is 3. The number of aryl methyl sites for hydroxylation is 1. The Labute approximate surface area is 117 Å². The summed E-state index contributed by atoms with van der Waals surface area (Å²) in [5.74, 6) is 0.909. The third-order valence-corrected chi connectivity index (χ3v) is 3.40. The van der Waals surface area contributed by atoms with Crippen LogP contribution in [0.4, 0.5) is 4.39 Å². The molecule has 0 aliphatic heterocycles. The Balaban J connectivity index is 1.80. The Bertz CT molecular complexity index is 611. The van der Waals surface area contributed by atoms with Crippen molar-refractivity contribution in [2.75, 3.05) is 0 Å². The molecule has 1 aliphatic carbocycles. The molecule has 3 nitrogen and oxygen atoms in total. The van der Waals surface area contributed by atoms with Crippen LogP contribution in [0.1, 0.15) is 24.0 Å². The molecule has 20 heavy (non-hydrogen) atoms. The molecule has 1 fully saturated rings. The van der Waals surface area contributed by atoms with Crippen molar-refractivity contribution in [3.05, 3.63) is 53.6 Å². The highest BCUT2D eigenvalue weighted by molar-refractivity contribution is 5.39. The Kier molecular flexibility index (Phi) is 3.65. The van der Waals surface area contributed by atoms with Gasteiger partial charge in [0.25, 0.3) is 0 Å². The van der Waals surface area contributed by atoms with Crippen molar-refractivity contribution in [2.45, 2.75) is 32.4 Å². The normalized spacial score (nSPS) is 14.3. The highest BCUT2D eigenvalue weighted by Gasteiger charge is 2.20. The SMILES string of the molecule is Cc1ccc(F)cc1Oc1cnccc1CNC1CC1. The van der Waals surface area contributed by atoms with Gasteiger partial charge in [-0.05, 0) is 37.5 Å². The molecule has 0 unspecified atom stereocenters. The lowest BCUT2D eigenvalue weighted by atomic mass is 10.2. The summed E-state index contributed by atoms with van der Waals surface area (Å²) < 4.78 is 19.1. The van der Waals surface area contributed by atoms with Crippen LogP contribution < -0.4 is 10.1 Å². The molecular weight excluding hydrogens is 255 g/mol. The lowest BCUT2D eigenvalue weighted by molar-refractivity contribution is 0.461. The lowest BCUT2D eigenvalue weighted by Crippen LogP contribution is -2.15. The highest BCUT2D eigenvalue weighted by atomic mass is 19.1. The van der Waals surface area contributed by atoms with E-state index in [0.717, 1.165) is 17.7 Å². The fourth-order valence-electron chi connectivity index (χ4n) is 1.99. The molecule has 104 valence electrons. The topological polar surface area (TPSA) is 34.1 Å². The number of nitrogens with zero attached hydrogens (tertiary/aromatic N) is 1. The van der Waals surface area contributed by atoms with E-state index in [0.29, 0.717) is 17.5 Å². The van der Waals surface area contributed by atoms with Gasteiger partial charge < -0.3 is 10.1 Å². The van der Waals surface area contributed by atoms with Crippen LogP contribution in [0.15, 0.2) is 36.7 Å². The van der Waals surface area contributed by atoms with Gasteiger partial charge in [-0.15, -0.1) is 0 Å². The van der Waals surface area contributed by atoms with Crippen LogP contribution in [-0.4, -0.2) is 11.0 Å². The van der Waals surface area contributed by atoms with E-state index in [2.05, 4.69) is 10.3 Å². The smallest absolute Gasteiger partial charge is 0.150 e. The van der Waals surface area contributed by atoms with Crippen LogP contribution in [0.2, 0.25) is 0 Å². The largest absolute Gasteiger partial charge is 0.455 e. The van der Waals surface area contributed by atoms with E-state index in [1.807, 2.05) is 13.0 Å². The molecule has 0 saturated heterocycles. The number of benzene rings is 1. The molecule has 0 radical (unpaired) electrons. The second-order valence-corrected chi connectivity index (χ2v) is 5.15. The van der Waals surface area contributed by atoms with E-state index in [1.54, 1.807) is 18.5 Å². The van der Waals surface area contributed by atoms with Gasteiger partial charge in [0.1, 0.15) is 17.3 Å². The minimum atomic E-state index is -0.299. The molecule has 1 N–H and O–H groups in total. The molecule has 1 saturated carbocycles. The maximum absolute atomic E-state index is 13.3. The van der Waals surface area contributed by atoms with Crippen LogP contribution in [0.5, 0.6) is 11.5 Å². The molecule has 0 atom stereocenters. The van der Waals surface area contributed by atoms with E-state index < -0.39 is 0 Å². The van der Waals surface area contributed by atoms with Gasteiger partial charge in [0.15, 0.2) is 0 Å². The van der Waals surface area contributed by atoms with Gasteiger partial charge in [0.2, 0.25) is 0 Å². The molecule has 1 aliphatic rings. The zero-order valence-corrected chi connectivity index (χ0v) is 11.4. The molecule has 1 aromatic carbocycles. The fourth-order valence-corrected chi connectivity index (χ4v) is 1.99. The maximum Gasteiger partial charge on any atom is 0.150 e. The Morgan fingerprint density at radius 1 is 1.30 bits per heavy atom. The monoisotopic (exact) mass is 272 g/mol. The fraction of sp³-hybridized carbons (Fsp3) is 0.312. The molecule has 3 rings (SSSR count). The Morgan fingerprint density at radius 3 is 2.95 bits per heavy atom. The molecule has 0 bridgehead atoms. The number of pyridine rings is 1. The number of halogens is 1. The van der Waals surface area contributed by atoms with Crippen LogP contribution in [0, 0.1) is 12.7 Å². The van der Waals surface area contributed by atoms with Gasteiger partial charge >= 0.3 is 0 Å². The van der Waals surface area contributed by atoms with Gasteiger partial charge in [-0.2, -0.15) is 0 Å². The lowest BCUT2D eigenvalue weighted by Gasteiger charge is -2.12. The zero-order valence-electron chi connectivity index (χ0n) is 11.4. The predicted octanol–water partition coefficient (Wildman–Crippen LogP) is 3.57. The first-order valence-electron chi connectivity index (χ1n) is 6.82. The van der Waals surface area contributed by atoms with Gasteiger partial charge in [-0.25, -0.2) is 4.39 Å². The van der Waals surface area contributed by atoms with Crippen molar-refractivity contribution in [1.29, 1.82) is 0 Å². The summed E-state index contributed by atoms with van der Waals surface area (Å²) in [6, 6.07) is 7.11. The summed E-state index contributed by atoms with van der Waals surface area (Å²) in [7, 11) is 0. The van der Waals surface area contributed by atoms with Crippen molar-refractivity contribution in [3.63, 3.8) is 0 Å². The highest BCUT2D eigenvalue weighted by Crippen LogP contribution is 2.28. The molecule has 4 heteroatoms. The second kappa shape index (κ2) is 5.59. The van der Waals surface area contributed by atoms with Crippen LogP contribution in [0.3, 0.4) is 0 Å². The first kappa shape index (κ1) is 13.1. The number of aromatic nitrogens is 1. The Morgan fingerprint density at radius 2 is 2.15 bits per heavy atom. The van der Waals surface area contributed by atoms with Crippen molar-refractivity contribution >= 4 is 0 Å². The summed E-state index contributed by atoms with van der Waals surface area (Å²) in [6.07, 6.45) is 5.90. The van der Waals surface area contributed by atoms with E-state index in [4.69, 9.17) is 4.74 Å². The van der Waals surface area contributed by atoms with Crippen molar-refractivity contribution in [2.24, 2.45) is 0 Å². The summed E-state index contributed by atoms with van der Waals surface area (Å²) in [5.41, 5.74) is 1.94. The Hall–Kier alpha value is -1.94. The third kappa shape index (κ3) is 3.14. The first-order valence-corrected chi connectivity index (χ1v) is 6.82. The molecule has 0 amide bonds. The second-order valence-electron chi connectivity index (χ2n) is 5.15. The quantitative estimate of drug-likeness (QED) is 0.903. The zero-order chi connectivity index (χ0) is 13.9. The molecule has 2 aromatic rings. The van der Waals surface area contributed by atoms with E-state index >= 15 is 0 Å².